The van der Waals surface area contributed by atoms with Crippen LogP contribution < -0.4 is 10.2 Å². The maximum absolute atomic E-state index is 12.6. The fraction of sp³-hybridized carbons (Fsp3) is 0.0968. The zero-order valence-electron chi connectivity index (χ0n) is 20.1. The molecule has 0 aliphatic heterocycles. The Balaban J connectivity index is 1.20. The molecule has 1 aromatic heterocycles. The molecule has 0 radical (unpaired) electrons. The molecule has 4 aromatic carbocycles. The number of para-hydroxylation sites is 2. The molecule has 5 aromatic rings. The number of carbonyl (C=O) groups is 1. The van der Waals surface area contributed by atoms with Gasteiger partial charge in [-0.3, -0.25) is 4.79 Å². The van der Waals surface area contributed by atoms with Crippen molar-refractivity contribution in [3.63, 3.8) is 0 Å². The highest BCUT2D eigenvalue weighted by molar-refractivity contribution is 6.01. The van der Waals surface area contributed by atoms with Crippen LogP contribution in [0.3, 0.4) is 0 Å². The van der Waals surface area contributed by atoms with E-state index in [-0.39, 0.29) is 5.91 Å². The van der Waals surface area contributed by atoms with Crippen molar-refractivity contribution in [2.75, 3.05) is 0 Å². The Morgan fingerprint density at radius 1 is 0.917 bits per heavy atom. The van der Waals surface area contributed by atoms with Crippen LogP contribution >= 0.6 is 0 Å². The normalized spacial score (nSPS) is 11.1. The number of aromatic nitrogens is 1. The molecule has 5 rings (SSSR count). The Labute approximate surface area is 210 Å². The standard InChI is InChI=1S/C31H27N3O2/c1-2-23-11-8-13-28-26(19-32-30(23)28)20-33-34-31(35)25-17-15-22(16-18-25)21-36-29-14-7-6-12-27(29)24-9-4-3-5-10-24/h3-20,32H,2,21H2,1H3,(H,34,35). The van der Waals surface area contributed by atoms with Gasteiger partial charge in [0.1, 0.15) is 12.4 Å². The van der Waals surface area contributed by atoms with Crippen molar-refractivity contribution in [2.45, 2.75) is 20.0 Å². The average molecular weight is 474 g/mol. The number of benzene rings is 4. The molecule has 1 amide bonds. The van der Waals surface area contributed by atoms with Crippen molar-refractivity contribution < 1.29 is 9.53 Å². The van der Waals surface area contributed by atoms with Crippen molar-refractivity contribution in [3.05, 3.63) is 126 Å². The first-order valence-electron chi connectivity index (χ1n) is 12.0. The maximum atomic E-state index is 12.6. The van der Waals surface area contributed by atoms with E-state index in [4.69, 9.17) is 4.74 Å². The first kappa shape index (κ1) is 23.1. The average Bonchev–Trinajstić information content (AvgIpc) is 3.36. The molecular formula is C31H27N3O2. The minimum Gasteiger partial charge on any atom is -0.488 e. The number of rotatable bonds is 8. The van der Waals surface area contributed by atoms with Gasteiger partial charge in [-0.1, -0.05) is 85.8 Å². The second-order valence-corrected chi connectivity index (χ2v) is 8.48. The smallest absolute Gasteiger partial charge is 0.271 e. The van der Waals surface area contributed by atoms with Crippen molar-refractivity contribution in [1.82, 2.24) is 10.4 Å². The lowest BCUT2D eigenvalue weighted by atomic mass is 10.0. The van der Waals surface area contributed by atoms with Crippen LogP contribution in [-0.4, -0.2) is 17.1 Å². The van der Waals surface area contributed by atoms with E-state index in [0.29, 0.717) is 12.2 Å². The topological polar surface area (TPSA) is 66.5 Å². The minimum atomic E-state index is -0.262. The van der Waals surface area contributed by atoms with Crippen molar-refractivity contribution >= 4 is 23.0 Å². The minimum absolute atomic E-state index is 0.262. The predicted molar refractivity (Wildman–Crippen MR) is 145 cm³/mol. The molecular weight excluding hydrogens is 446 g/mol. The Morgan fingerprint density at radius 3 is 2.50 bits per heavy atom. The molecule has 5 nitrogen and oxygen atoms in total. The van der Waals surface area contributed by atoms with Crippen molar-refractivity contribution in [1.29, 1.82) is 0 Å². The fourth-order valence-corrected chi connectivity index (χ4v) is 4.23. The molecule has 0 bridgehead atoms. The van der Waals surface area contributed by atoms with Gasteiger partial charge in [0.2, 0.25) is 0 Å². The summed E-state index contributed by atoms with van der Waals surface area (Å²) in [7, 11) is 0. The second-order valence-electron chi connectivity index (χ2n) is 8.48. The van der Waals surface area contributed by atoms with Gasteiger partial charge in [-0.05, 0) is 41.3 Å². The lowest BCUT2D eigenvalue weighted by Gasteiger charge is -2.12. The number of nitrogens with one attached hydrogen (secondary N) is 2. The van der Waals surface area contributed by atoms with E-state index >= 15 is 0 Å². The number of carbonyl (C=O) groups excluding carboxylic acids is 1. The highest BCUT2D eigenvalue weighted by Gasteiger charge is 2.08. The van der Waals surface area contributed by atoms with Gasteiger partial charge in [0.25, 0.3) is 5.91 Å². The van der Waals surface area contributed by atoms with E-state index in [9.17, 15) is 4.79 Å². The SMILES string of the molecule is CCc1cccc2c(C=NNC(=O)c3ccc(COc4ccccc4-c4ccccc4)cc3)c[nH]c12. The van der Waals surface area contributed by atoms with E-state index in [1.807, 2.05) is 66.9 Å². The van der Waals surface area contributed by atoms with Crippen LogP contribution in [0.4, 0.5) is 0 Å². The number of nitrogens with zero attached hydrogens (tertiary/aromatic N) is 1. The highest BCUT2D eigenvalue weighted by atomic mass is 16.5. The summed E-state index contributed by atoms with van der Waals surface area (Å²) in [6.07, 6.45) is 4.53. The van der Waals surface area contributed by atoms with Crippen LogP contribution in [0.15, 0.2) is 108 Å². The lowest BCUT2D eigenvalue weighted by molar-refractivity contribution is 0.0955. The number of amides is 1. The van der Waals surface area contributed by atoms with E-state index in [1.54, 1.807) is 18.3 Å². The molecule has 0 unspecified atom stereocenters. The van der Waals surface area contributed by atoms with Gasteiger partial charge in [0.15, 0.2) is 0 Å². The molecule has 5 heteroatoms. The summed E-state index contributed by atoms with van der Waals surface area (Å²) < 4.78 is 6.11. The van der Waals surface area contributed by atoms with Crippen LogP contribution in [0.5, 0.6) is 5.75 Å². The third-order valence-electron chi connectivity index (χ3n) is 6.17. The first-order valence-corrected chi connectivity index (χ1v) is 12.0. The fourth-order valence-electron chi connectivity index (χ4n) is 4.23. The molecule has 0 fully saturated rings. The molecule has 178 valence electrons. The number of aromatic amines is 1. The van der Waals surface area contributed by atoms with E-state index in [1.165, 1.54) is 5.56 Å². The number of ether oxygens (including phenoxy) is 1. The number of hydrazone groups is 1. The molecule has 36 heavy (non-hydrogen) atoms. The quantitative estimate of drug-likeness (QED) is 0.194. The number of hydrogen-bond acceptors (Lipinski definition) is 3. The monoisotopic (exact) mass is 473 g/mol. The van der Waals surface area contributed by atoms with Gasteiger partial charge in [0.05, 0.1) is 6.21 Å². The molecule has 0 saturated carbocycles. The van der Waals surface area contributed by atoms with Gasteiger partial charge in [-0.15, -0.1) is 0 Å². The van der Waals surface area contributed by atoms with E-state index < -0.39 is 0 Å². The number of aryl methyl sites for hydroxylation is 1. The van der Waals surface area contributed by atoms with Gasteiger partial charge < -0.3 is 9.72 Å². The lowest BCUT2D eigenvalue weighted by Crippen LogP contribution is -2.17. The number of hydrogen-bond donors (Lipinski definition) is 2. The largest absolute Gasteiger partial charge is 0.488 e. The second kappa shape index (κ2) is 10.7. The molecule has 2 N–H and O–H groups in total. The molecule has 0 atom stereocenters. The zero-order chi connectivity index (χ0) is 24.7. The molecule has 0 aliphatic rings. The summed E-state index contributed by atoms with van der Waals surface area (Å²) >= 11 is 0. The summed E-state index contributed by atoms with van der Waals surface area (Å²) in [5.74, 6) is 0.561. The Bertz CT molecular complexity index is 1500. The summed E-state index contributed by atoms with van der Waals surface area (Å²) in [4.78, 5) is 15.9. The van der Waals surface area contributed by atoms with Crippen LogP contribution in [0.2, 0.25) is 0 Å². The maximum Gasteiger partial charge on any atom is 0.271 e. The molecule has 0 aliphatic carbocycles. The number of H-pyrrole nitrogens is 1. The van der Waals surface area contributed by atoms with Gasteiger partial charge in [-0.2, -0.15) is 5.10 Å². The van der Waals surface area contributed by atoms with Crippen LogP contribution in [0.25, 0.3) is 22.0 Å². The highest BCUT2D eigenvalue weighted by Crippen LogP contribution is 2.30. The summed E-state index contributed by atoms with van der Waals surface area (Å²) in [5, 5.41) is 5.25. The van der Waals surface area contributed by atoms with E-state index in [2.05, 4.69) is 46.7 Å². The number of fused-ring (bicyclic) bond motifs is 1. The third kappa shape index (κ3) is 5.05. The van der Waals surface area contributed by atoms with Gasteiger partial charge in [0, 0.05) is 33.8 Å². The van der Waals surface area contributed by atoms with Crippen molar-refractivity contribution in [3.8, 4) is 16.9 Å². The first-order chi connectivity index (χ1) is 17.7. The molecule has 0 saturated heterocycles. The Hall–Kier alpha value is -4.64. The molecule has 0 spiro atoms. The predicted octanol–water partition coefficient (Wildman–Crippen LogP) is 6.74. The Morgan fingerprint density at radius 2 is 1.69 bits per heavy atom. The van der Waals surface area contributed by atoms with Crippen LogP contribution in [-0.2, 0) is 13.0 Å². The summed E-state index contributed by atoms with van der Waals surface area (Å²) in [6.45, 7) is 2.54. The third-order valence-corrected chi connectivity index (χ3v) is 6.17. The summed E-state index contributed by atoms with van der Waals surface area (Å²) in [5.41, 5.74) is 9.58. The van der Waals surface area contributed by atoms with Crippen LogP contribution in [0.1, 0.15) is 34.0 Å². The van der Waals surface area contributed by atoms with Gasteiger partial charge in [-0.25, -0.2) is 5.43 Å². The summed E-state index contributed by atoms with van der Waals surface area (Å²) in [6, 6.07) is 31.7. The Kier molecular flexibility index (Phi) is 6.90. The van der Waals surface area contributed by atoms with Gasteiger partial charge >= 0.3 is 0 Å². The van der Waals surface area contributed by atoms with Crippen LogP contribution in [0, 0.1) is 0 Å². The van der Waals surface area contributed by atoms with Crippen molar-refractivity contribution in [2.24, 2.45) is 5.10 Å². The molecule has 1 heterocycles. The zero-order valence-corrected chi connectivity index (χ0v) is 20.1. The van der Waals surface area contributed by atoms with E-state index in [0.717, 1.165) is 45.3 Å².